The molecule has 2 aliphatic rings. The number of rotatable bonds is 2. The maximum atomic E-state index is 13.8. The molecule has 2 bridgehead atoms. The first kappa shape index (κ1) is 17.7. The second-order valence-corrected chi connectivity index (χ2v) is 7.22. The Kier molecular flexibility index (Phi) is 5.86. The van der Waals surface area contributed by atoms with Gasteiger partial charge in [-0.15, -0.1) is 12.4 Å². The van der Waals surface area contributed by atoms with Crippen LogP contribution < -0.4 is 11.1 Å². The number of hydrogen-bond donors (Lipinski definition) is 2. The Morgan fingerprint density at radius 1 is 1.27 bits per heavy atom. The molecule has 2 atom stereocenters. The number of amides is 1. The van der Waals surface area contributed by atoms with Crippen LogP contribution in [0.3, 0.4) is 0 Å². The summed E-state index contributed by atoms with van der Waals surface area (Å²) in [4.78, 5) is 12.4. The van der Waals surface area contributed by atoms with Crippen molar-refractivity contribution in [2.75, 3.05) is 0 Å². The first-order valence-corrected chi connectivity index (χ1v) is 8.35. The molecule has 0 aromatic heterocycles. The van der Waals surface area contributed by atoms with Crippen molar-refractivity contribution >= 4 is 34.2 Å². The van der Waals surface area contributed by atoms with E-state index in [1.54, 1.807) is 6.07 Å². The molecule has 3 rings (SSSR count). The molecule has 0 aliphatic heterocycles. The Morgan fingerprint density at radius 3 is 2.55 bits per heavy atom. The van der Waals surface area contributed by atoms with Gasteiger partial charge in [0, 0.05) is 16.6 Å². The quantitative estimate of drug-likeness (QED) is 0.808. The Morgan fingerprint density at radius 2 is 1.91 bits per heavy atom. The minimum atomic E-state index is -0.478. The number of carbonyl (C=O) groups excluding carboxylic acids is 1. The highest BCUT2D eigenvalue weighted by Crippen LogP contribution is 2.39. The van der Waals surface area contributed by atoms with E-state index < -0.39 is 5.82 Å². The molecule has 122 valence electrons. The maximum absolute atomic E-state index is 13.8. The summed E-state index contributed by atoms with van der Waals surface area (Å²) < 4.78 is 14.5. The Bertz CT molecular complexity index is 543. The zero-order chi connectivity index (χ0) is 15.0. The number of benzene rings is 1. The van der Waals surface area contributed by atoms with E-state index in [0.717, 1.165) is 25.7 Å². The molecule has 2 aliphatic carbocycles. The fourth-order valence-corrected chi connectivity index (χ4v) is 4.29. The maximum Gasteiger partial charge on any atom is 0.254 e. The lowest BCUT2D eigenvalue weighted by Crippen LogP contribution is -2.53. The van der Waals surface area contributed by atoms with E-state index in [9.17, 15) is 9.18 Å². The van der Waals surface area contributed by atoms with Crippen molar-refractivity contribution in [1.29, 1.82) is 0 Å². The zero-order valence-corrected chi connectivity index (χ0v) is 14.6. The largest absolute Gasteiger partial charge is 0.349 e. The summed E-state index contributed by atoms with van der Waals surface area (Å²) in [5.74, 6) is 0.0814. The molecular weight excluding hydrogens is 371 g/mol. The number of fused-ring (bicyclic) bond motifs is 2. The molecule has 3 nitrogen and oxygen atoms in total. The predicted molar refractivity (Wildman–Crippen MR) is 90.6 cm³/mol. The van der Waals surface area contributed by atoms with Gasteiger partial charge in [-0.05, 0) is 55.7 Å². The first-order chi connectivity index (χ1) is 10.0. The van der Waals surface area contributed by atoms with Crippen LogP contribution in [0.4, 0.5) is 4.39 Å². The summed E-state index contributed by atoms with van der Waals surface area (Å²) in [6, 6.07) is 4.84. The second-order valence-electron chi connectivity index (χ2n) is 6.31. The number of hydrogen-bond acceptors (Lipinski definition) is 2. The zero-order valence-electron chi connectivity index (χ0n) is 12.2. The summed E-state index contributed by atoms with van der Waals surface area (Å²) in [6.45, 7) is 0. The molecule has 6 heteroatoms. The third-order valence-corrected chi connectivity index (χ3v) is 5.34. The van der Waals surface area contributed by atoms with Crippen molar-refractivity contribution in [2.24, 2.45) is 17.6 Å². The van der Waals surface area contributed by atoms with E-state index in [-0.39, 0.29) is 36.0 Å². The van der Waals surface area contributed by atoms with Crippen molar-refractivity contribution in [3.8, 4) is 0 Å². The Hall–Kier alpha value is -0.650. The van der Waals surface area contributed by atoms with Gasteiger partial charge in [0.1, 0.15) is 5.82 Å². The van der Waals surface area contributed by atoms with E-state index >= 15 is 0 Å². The average Bonchev–Trinajstić information content (AvgIpc) is 2.42. The van der Waals surface area contributed by atoms with Crippen LogP contribution in [0.1, 0.15) is 42.5 Å². The van der Waals surface area contributed by atoms with Gasteiger partial charge in [0.2, 0.25) is 0 Å². The topological polar surface area (TPSA) is 55.1 Å². The van der Waals surface area contributed by atoms with Gasteiger partial charge in [-0.3, -0.25) is 4.79 Å². The van der Waals surface area contributed by atoms with E-state index in [0.29, 0.717) is 16.3 Å². The van der Waals surface area contributed by atoms with Gasteiger partial charge in [0.15, 0.2) is 0 Å². The van der Waals surface area contributed by atoms with Crippen LogP contribution in [-0.2, 0) is 0 Å². The van der Waals surface area contributed by atoms with Crippen LogP contribution in [0.5, 0.6) is 0 Å². The SMILES string of the molecule is Cl.NC1CC2CCCC(C1)C2NC(=O)c1cc(Br)ccc1F. The molecule has 0 saturated heterocycles. The van der Waals surface area contributed by atoms with Crippen LogP contribution in [-0.4, -0.2) is 18.0 Å². The minimum Gasteiger partial charge on any atom is -0.349 e. The minimum absolute atomic E-state index is 0. The van der Waals surface area contributed by atoms with Gasteiger partial charge in [0.05, 0.1) is 5.56 Å². The van der Waals surface area contributed by atoms with Crippen molar-refractivity contribution in [1.82, 2.24) is 5.32 Å². The number of nitrogens with two attached hydrogens (primary N) is 1. The highest BCUT2D eigenvalue weighted by atomic mass is 79.9. The highest BCUT2D eigenvalue weighted by Gasteiger charge is 2.40. The smallest absolute Gasteiger partial charge is 0.254 e. The number of halogens is 3. The summed E-state index contributed by atoms with van der Waals surface area (Å²) >= 11 is 3.28. The van der Waals surface area contributed by atoms with Crippen LogP contribution >= 0.6 is 28.3 Å². The van der Waals surface area contributed by atoms with Gasteiger partial charge in [-0.2, -0.15) is 0 Å². The third-order valence-electron chi connectivity index (χ3n) is 4.85. The lowest BCUT2D eigenvalue weighted by Gasteiger charge is -2.45. The molecule has 0 radical (unpaired) electrons. The normalized spacial score (nSPS) is 30.3. The predicted octanol–water partition coefficient (Wildman–Crippen LogP) is 3.65. The van der Waals surface area contributed by atoms with Crippen LogP contribution in [0, 0.1) is 17.7 Å². The second kappa shape index (κ2) is 7.28. The summed E-state index contributed by atoms with van der Waals surface area (Å²) in [5, 5.41) is 3.07. The van der Waals surface area contributed by atoms with Gasteiger partial charge in [0.25, 0.3) is 5.91 Å². The van der Waals surface area contributed by atoms with Gasteiger partial charge in [-0.1, -0.05) is 22.4 Å². The van der Waals surface area contributed by atoms with Crippen LogP contribution in [0.25, 0.3) is 0 Å². The highest BCUT2D eigenvalue weighted by molar-refractivity contribution is 9.10. The van der Waals surface area contributed by atoms with Gasteiger partial charge >= 0.3 is 0 Å². The molecule has 0 heterocycles. The standard InChI is InChI=1S/C16H20BrFN2O.ClH/c17-11-4-5-14(18)13(8-11)16(21)20-15-9-2-1-3-10(15)7-12(19)6-9;/h4-5,8-10,12,15H,1-3,6-7,19H2,(H,20,21);1H. The fourth-order valence-electron chi connectivity index (χ4n) is 3.93. The van der Waals surface area contributed by atoms with E-state index in [2.05, 4.69) is 21.2 Å². The molecule has 0 spiro atoms. The fraction of sp³-hybridized carbons (Fsp3) is 0.562. The van der Waals surface area contributed by atoms with Crippen LogP contribution in [0.2, 0.25) is 0 Å². The van der Waals surface area contributed by atoms with E-state index in [1.165, 1.54) is 18.6 Å². The summed E-state index contributed by atoms with van der Waals surface area (Å²) in [5.41, 5.74) is 6.20. The molecule has 1 aromatic carbocycles. The molecule has 2 fully saturated rings. The van der Waals surface area contributed by atoms with Crippen molar-refractivity contribution in [3.05, 3.63) is 34.1 Å². The Balaban J connectivity index is 0.00000176. The van der Waals surface area contributed by atoms with Crippen molar-refractivity contribution < 1.29 is 9.18 Å². The molecule has 22 heavy (non-hydrogen) atoms. The van der Waals surface area contributed by atoms with E-state index in [4.69, 9.17) is 5.73 Å². The summed E-state index contributed by atoms with van der Waals surface area (Å²) in [7, 11) is 0. The van der Waals surface area contributed by atoms with Gasteiger partial charge in [-0.25, -0.2) is 4.39 Å². The lowest BCUT2D eigenvalue weighted by atomic mass is 9.67. The lowest BCUT2D eigenvalue weighted by molar-refractivity contribution is 0.0752. The molecule has 1 amide bonds. The average molecular weight is 392 g/mol. The van der Waals surface area contributed by atoms with E-state index in [1.807, 2.05) is 0 Å². The Labute approximate surface area is 144 Å². The molecular formula is C16H21BrClFN2O. The third kappa shape index (κ3) is 3.63. The molecule has 2 unspecified atom stereocenters. The van der Waals surface area contributed by atoms with Crippen molar-refractivity contribution in [3.63, 3.8) is 0 Å². The van der Waals surface area contributed by atoms with Gasteiger partial charge < -0.3 is 11.1 Å². The monoisotopic (exact) mass is 390 g/mol. The molecule has 3 N–H and O–H groups in total. The molecule has 1 aromatic rings. The first-order valence-electron chi connectivity index (χ1n) is 7.56. The number of nitrogens with one attached hydrogen (secondary N) is 1. The van der Waals surface area contributed by atoms with Crippen LogP contribution in [0.15, 0.2) is 22.7 Å². The molecule has 2 saturated carbocycles. The van der Waals surface area contributed by atoms with Crippen molar-refractivity contribution in [2.45, 2.75) is 44.2 Å². The summed E-state index contributed by atoms with van der Waals surface area (Å²) in [6.07, 6.45) is 5.34. The number of carbonyl (C=O) groups is 1.